The molecule has 0 spiro atoms. The van der Waals surface area contributed by atoms with Crippen molar-refractivity contribution >= 4 is 11.6 Å². The van der Waals surface area contributed by atoms with Crippen LogP contribution in [-0.2, 0) is 0 Å². The van der Waals surface area contributed by atoms with Crippen molar-refractivity contribution in [3.63, 3.8) is 0 Å². The number of halogens is 1. The Morgan fingerprint density at radius 2 is 1.79 bits per heavy atom. The first-order chi connectivity index (χ1) is 9.22. The molecule has 100 valence electrons. The second-order valence-corrected chi connectivity index (χ2v) is 4.64. The lowest BCUT2D eigenvalue weighted by Gasteiger charge is -2.17. The van der Waals surface area contributed by atoms with E-state index in [9.17, 15) is 5.11 Å². The first-order valence-electron chi connectivity index (χ1n) is 6.07. The predicted octanol–water partition coefficient (Wildman–Crippen LogP) is 3.17. The van der Waals surface area contributed by atoms with Crippen LogP contribution in [0.4, 0.5) is 0 Å². The van der Waals surface area contributed by atoms with Gasteiger partial charge in [-0.1, -0.05) is 41.9 Å². The summed E-state index contributed by atoms with van der Waals surface area (Å²) >= 11 is 6.15. The number of aromatic hydroxyl groups is 1. The maximum absolute atomic E-state index is 9.64. The molecular weight excluding hydrogens is 262 g/mol. The maximum atomic E-state index is 9.64. The van der Waals surface area contributed by atoms with Crippen LogP contribution >= 0.6 is 11.6 Å². The fourth-order valence-corrected chi connectivity index (χ4v) is 2.15. The normalized spacial score (nSPS) is 12.1. The Hall–Kier alpha value is -1.71. The first-order valence-corrected chi connectivity index (χ1v) is 6.45. The van der Waals surface area contributed by atoms with Crippen molar-refractivity contribution in [3.8, 4) is 11.5 Å². The number of rotatable bonds is 5. The Labute approximate surface area is 117 Å². The van der Waals surface area contributed by atoms with E-state index < -0.39 is 0 Å². The third kappa shape index (κ3) is 3.40. The number of phenolic OH excluding ortho intramolecular Hbond substituents is 1. The van der Waals surface area contributed by atoms with E-state index in [-0.39, 0.29) is 11.7 Å². The highest BCUT2D eigenvalue weighted by Gasteiger charge is 2.14. The Balaban J connectivity index is 2.09. The Kier molecular flexibility index (Phi) is 4.66. The van der Waals surface area contributed by atoms with Gasteiger partial charge in [0, 0.05) is 17.5 Å². The summed E-state index contributed by atoms with van der Waals surface area (Å²) in [5, 5.41) is 10.3. The molecule has 4 heteroatoms. The summed E-state index contributed by atoms with van der Waals surface area (Å²) in [5.74, 6) is 0.568. The van der Waals surface area contributed by atoms with Crippen LogP contribution in [0.25, 0.3) is 0 Å². The van der Waals surface area contributed by atoms with Gasteiger partial charge in [0.1, 0.15) is 0 Å². The molecule has 0 aliphatic rings. The van der Waals surface area contributed by atoms with Crippen molar-refractivity contribution in [1.29, 1.82) is 0 Å². The zero-order valence-electron chi connectivity index (χ0n) is 10.4. The molecule has 2 aromatic carbocycles. The Morgan fingerprint density at radius 1 is 1.11 bits per heavy atom. The molecule has 0 amide bonds. The molecule has 1 unspecified atom stereocenters. The summed E-state index contributed by atoms with van der Waals surface area (Å²) in [6.07, 6.45) is 0. The minimum Gasteiger partial charge on any atom is -0.504 e. The largest absolute Gasteiger partial charge is 0.504 e. The van der Waals surface area contributed by atoms with E-state index in [4.69, 9.17) is 22.1 Å². The molecule has 2 aromatic rings. The molecule has 0 saturated carbocycles. The molecule has 0 bridgehead atoms. The molecule has 3 N–H and O–H groups in total. The molecule has 0 aliphatic heterocycles. The lowest BCUT2D eigenvalue weighted by atomic mass is 10.0. The number of hydrogen-bond donors (Lipinski definition) is 2. The van der Waals surface area contributed by atoms with Gasteiger partial charge in [-0.2, -0.15) is 0 Å². The van der Waals surface area contributed by atoms with E-state index >= 15 is 0 Å². The van der Waals surface area contributed by atoms with Crippen LogP contribution in [-0.4, -0.2) is 18.3 Å². The first kappa shape index (κ1) is 13.7. The summed E-state index contributed by atoms with van der Waals surface area (Å²) in [4.78, 5) is 0. The highest BCUT2D eigenvalue weighted by atomic mass is 35.5. The van der Waals surface area contributed by atoms with E-state index in [1.807, 2.05) is 30.3 Å². The number of ether oxygens (including phenoxy) is 1. The van der Waals surface area contributed by atoms with Crippen LogP contribution in [0.3, 0.4) is 0 Å². The zero-order valence-corrected chi connectivity index (χ0v) is 11.2. The summed E-state index contributed by atoms with van der Waals surface area (Å²) in [7, 11) is 0. The molecular formula is C15H16ClNO2. The van der Waals surface area contributed by atoms with Crippen LogP contribution < -0.4 is 10.5 Å². The fourth-order valence-electron chi connectivity index (χ4n) is 1.86. The molecule has 2 rings (SSSR count). The van der Waals surface area contributed by atoms with Gasteiger partial charge in [-0.15, -0.1) is 0 Å². The van der Waals surface area contributed by atoms with Crippen LogP contribution in [0.5, 0.6) is 11.5 Å². The summed E-state index contributed by atoms with van der Waals surface area (Å²) in [6.45, 7) is 0.801. The van der Waals surface area contributed by atoms with E-state index in [0.29, 0.717) is 23.9 Å². The van der Waals surface area contributed by atoms with Gasteiger partial charge in [0.15, 0.2) is 11.5 Å². The van der Waals surface area contributed by atoms with Gasteiger partial charge in [0.2, 0.25) is 0 Å². The van der Waals surface area contributed by atoms with E-state index in [1.54, 1.807) is 18.2 Å². The molecule has 3 nitrogen and oxygen atoms in total. The average Bonchev–Trinajstić information content (AvgIpc) is 2.43. The van der Waals surface area contributed by atoms with Crippen LogP contribution in [0, 0.1) is 0 Å². The standard InChI is InChI=1S/C15H16ClNO2/c16-13-6-2-1-5-12(13)11(9-17)10-19-15-8-4-3-7-14(15)18/h1-8,11,18H,9-10,17H2. The lowest BCUT2D eigenvalue weighted by Crippen LogP contribution is -2.20. The average molecular weight is 278 g/mol. The number of phenols is 1. The summed E-state index contributed by atoms with van der Waals surface area (Å²) < 4.78 is 5.61. The second-order valence-electron chi connectivity index (χ2n) is 4.23. The van der Waals surface area contributed by atoms with Crippen molar-refractivity contribution in [2.45, 2.75) is 5.92 Å². The zero-order chi connectivity index (χ0) is 13.7. The molecule has 1 atom stereocenters. The summed E-state index contributed by atoms with van der Waals surface area (Å²) in [6, 6.07) is 14.4. The van der Waals surface area contributed by atoms with Gasteiger partial charge >= 0.3 is 0 Å². The van der Waals surface area contributed by atoms with Crippen molar-refractivity contribution < 1.29 is 9.84 Å². The van der Waals surface area contributed by atoms with E-state index in [1.165, 1.54) is 0 Å². The van der Waals surface area contributed by atoms with Gasteiger partial charge in [0.25, 0.3) is 0 Å². The highest BCUT2D eigenvalue weighted by molar-refractivity contribution is 6.31. The van der Waals surface area contributed by atoms with Crippen LogP contribution in [0.15, 0.2) is 48.5 Å². The molecule has 0 saturated heterocycles. The van der Waals surface area contributed by atoms with Crippen molar-refractivity contribution in [2.24, 2.45) is 5.73 Å². The topological polar surface area (TPSA) is 55.5 Å². The highest BCUT2D eigenvalue weighted by Crippen LogP contribution is 2.28. The second kappa shape index (κ2) is 6.45. The molecule has 0 heterocycles. The molecule has 19 heavy (non-hydrogen) atoms. The number of para-hydroxylation sites is 2. The summed E-state index contributed by atoms with van der Waals surface area (Å²) in [5.41, 5.74) is 6.74. The third-order valence-corrected chi connectivity index (χ3v) is 3.28. The molecule has 0 aliphatic carbocycles. The Bertz CT molecular complexity index is 545. The predicted molar refractivity (Wildman–Crippen MR) is 76.8 cm³/mol. The van der Waals surface area contributed by atoms with Gasteiger partial charge in [0.05, 0.1) is 6.61 Å². The van der Waals surface area contributed by atoms with E-state index in [2.05, 4.69) is 0 Å². The SMILES string of the molecule is NCC(COc1ccccc1O)c1ccccc1Cl. The van der Waals surface area contributed by atoms with Crippen molar-refractivity contribution in [3.05, 3.63) is 59.1 Å². The van der Waals surface area contributed by atoms with Crippen LogP contribution in [0.1, 0.15) is 11.5 Å². The number of hydrogen-bond acceptors (Lipinski definition) is 3. The number of benzene rings is 2. The van der Waals surface area contributed by atoms with Gasteiger partial charge < -0.3 is 15.6 Å². The monoisotopic (exact) mass is 277 g/mol. The molecule has 0 fully saturated rings. The van der Waals surface area contributed by atoms with E-state index in [0.717, 1.165) is 5.56 Å². The van der Waals surface area contributed by atoms with Crippen molar-refractivity contribution in [1.82, 2.24) is 0 Å². The van der Waals surface area contributed by atoms with Gasteiger partial charge in [-0.25, -0.2) is 0 Å². The Morgan fingerprint density at radius 3 is 2.47 bits per heavy atom. The van der Waals surface area contributed by atoms with Crippen molar-refractivity contribution in [2.75, 3.05) is 13.2 Å². The smallest absolute Gasteiger partial charge is 0.160 e. The fraction of sp³-hybridized carbons (Fsp3) is 0.200. The molecule has 0 aromatic heterocycles. The van der Waals surface area contributed by atoms with Crippen LogP contribution in [0.2, 0.25) is 5.02 Å². The van der Waals surface area contributed by atoms with Gasteiger partial charge in [-0.3, -0.25) is 0 Å². The lowest BCUT2D eigenvalue weighted by molar-refractivity contribution is 0.276. The molecule has 0 radical (unpaired) electrons. The number of nitrogens with two attached hydrogens (primary N) is 1. The van der Waals surface area contributed by atoms with Gasteiger partial charge in [-0.05, 0) is 23.8 Å². The third-order valence-electron chi connectivity index (χ3n) is 2.93. The maximum Gasteiger partial charge on any atom is 0.160 e. The quantitative estimate of drug-likeness (QED) is 0.883. The minimum atomic E-state index is -0.00620. The minimum absolute atomic E-state index is 0.00620.